The van der Waals surface area contributed by atoms with E-state index >= 15 is 0 Å². The van der Waals surface area contributed by atoms with Crippen molar-refractivity contribution in [2.45, 2.75) is 9.74 Å². The fourth-order valence-electron chi connectivity index (χ4n) is 0.0800. The second-order valence-electron chi connectivity index (χ2n) is 1.03. The summed E-state index contributed by atoms with van der Waals surface area (Å²) in [6.45, 7) is 0. The Kier molecular flexibility index (Phi) is 3.39. The molecule has 0 aliphatic rings. The van der Waals surface area contributed by atoms with Crippen molar-refractivity contribution in [1.29, 1.82) is 0 Å². The molecule has 0 aromatic heterocycles. The van der Waals surface area contributed by atoms with Gasteiger partial charge < -0.3 is 0 Å². The van der Waals surface area contributed by atoms with Gasteiger partial charge in [0.15, 0.2) is 0 Å². The molecule has 34 valence electrons. The van der Waals surface area contributed by atoms with Crippen molar-refractivity contribution in [3.05, 3.63) is 10.4 Å². The van der Waals surface area contributed by atoms with Gasteiger partial charge >= 0.3 is 43.9 Å². The van der Waals surface area contributed by atoms with Crippen LogP contribution in [0.15, 0.2) is 3.27 Å². The van der Waals surface area contributed by atoms with Crippen LogP contribution in [0.4, 0.5) is 0 Å². The fourth-order valence-corrected chi connectivity index (χ4v) is 0.537. The van der Waals surface area contributed by atoms with E-state index in [0.717, 1.165) is 0 Å². The SMILES string of the molecule is [CH3][Sb]([CH3])[N]=[N+]=[N-]. The van der Waals surface area contributed by atoms with Gasteiger partial charge in [-0.3, -0.25) is 0 Å². The molecule has 4 heteroatoms. The summed E-state index contributed by atoms with van der Waals surface area (Å²) in [5, 5.41) is 0. The minimum absolute atomic E-state index is 1.30. The third-order valence-corrected chi connectivity index (χ3v) is 1.47. The van der Waals surface area contributed by atoms with Crippen LogP contribution in [0.5, 0.6) is 0 Å². The monoisotopic (exact) mass is 193 g/mol. The van der Waals surface area contributed by atoms with Crippen LogP contribution < -0.4 is 0 Å². The number of nitrogens with zero attached hydrogens (tertiary/aromatic N) is 3. The Morgan fingerprint density at radius 2 is 2.17 bits per heavy atom. The summed E-state index contributed by atoms with van der Waals surface area (Å²) in [7, 11) is 0. The first kappa shape index (κ1) is 6.13. The molecule has 0 aromatic carbocycles. The molecule has 0 radical (unpaired) electrons. The third-order valence-electron chi connectivity index (χ3n) is 0.219. The molecule has 0 atom stereocenters. The molecule has 0 aliphatic carbocycles. The van der Waals surface area contributed by atoms with Crippen LogP contribution in [0.1, 0.15) is 0 Å². The summed E-state index contributed by atoms with van der Waals surface area (Å²) in [4.78, 5) is 6.67. The molecule has 6 heavy (non-hydrogen) atoms. The first-order valence-corrected chi connectivity index (χ1v) is 7.74. The second-order valence-corrected chi connectivity index (χ2v) is 6.37. The standard InChI is InChI=1S/2CH3.N3.Sb/c;;1-3-2;/h2*1H3;;/q;;-1;+1. The molecule has 3 nitrogen and oxygen atoms in total. The van der Waals surface area contributed by atoms with Gasteiger partial charge in [-0.25, -0.2) is 0 Å². The first-order chi connectivity index (χ1) is 2.77. The Balaban J connectivity index is 3.29. The maximum atomic E-state index is 7.74. The Hall–Kier alpha value is 0.128. The van der Waals surface area contributed by atoms with Gasteiger partial charge in [0.2, 0.25) is 0 Å². The topological polar surface area (TPSA) is 48.8 Å². The van der Waals surface area contributed by atoms with Gasteiger partial charge in [0, 0.05) is 0 Å². The Morgan fingerprint density at radius 3 is 2.17 bits per heavy atom. The summed E-state index contributed by atoms with van der Waals surface area (Å²) in [5.41, 5.74) is 7.74. The van der Waals surface area contributed by atoms with Gasteiger partial charge in [0.25, 0.3) is 0 Å². The van der Waals surface area contributed by atoms with Crippen LogP contribution in [-0.2, 0) is 0 Å². The van der Waals surface area contributed by atoms with E-state index in [2.05, 4.69) is 8.19 Å². The van der Waals surface area contributed by atoms with Crippen LogP contribution >= 0.6 is 0 Å². The quantitative estimate of drug-likeness (QED) is 0.263. The van der Waals surface area contributed by atoms with E-state index in [1.807, 2.05) is 9.74 Å². The van der Waals surface area contributed by atoms with Crippen molar-refractivity contribution >= 4 is 20.5 Å². The normalized spacial score (nSPS) is 7.83. The van der Waals surface area contributed by atoms with Crippen LogP contribution in [0, 0.1) is 0 Å². The maximum absolute atomic E-state index is 7.74. The summed E-state index contributed by atoms with van der Waals surface area (Å²) in [6, 6.07) is 0. The average molecular weight is 194 g/mol. The van der Waals surface area contributed by atoms with Gasteiger partial charge in [0.1, 0.15) is 0 Å². The van der Waals surface area contributed by atoms with E-state index in [1.165, 1.54) is 0 Å². The van der Waals surface area contributed by atoms with Gasteiger partial charge in [-0.2, -0.15) is 0 Å². The van der Waals surface area contributed by atoms with Crippen molar-refractivity contribution in [3.63, 3.8) is 0 Å². The number of hydrogen-bond acceptors (Lipinski definition) is 1. The summed E-state index contributed by atoms with van der Waals surface area (Å²) in [5.74, 6) is 0. The van der Waals surface area contributed by atoms with Crippen molar-refractivity contribution in [3.8, 4) is 0 Å². The molecule has 0 rings (SSSR count). The molecule has 0 spiro atoms. The van der Waals surface area contributed by atoms with E-state index in [9.17, 15) is 0 Å². The zero-order valence-corrected chi connectivity index (χ0v) is 6.34. The Morgan fingerprint density at radius 1 is 1.67 bits per heavy atom. The summed E-state index contributed by atoms with van der Waals surface area (Å²) in [6.07, 6.45) is 0. The van der Waals surface area contributed by atoms with Crippen molar-refractivity contribution in [2.75, 3.05) is 0 Å². The minimum atomic E-state index is -1.30. The number of azide groups is 1. The predicted octanol–water partition coefficient (Wildman–Crippen LogP) is 1.55. The molecule has 0 aromatic rings. The van der Waals surface area contributed by atoms with Crippen molar-refractivity contribution in [2.24, 2.45) is 3.27 Å². The fraction of sp³-hybridized carbons (Fsp3) is 1.00. The molecule has 0 aliphatic heterocycles. The van der Waals surface area contributed by atoms with Gasteiger partial charge in [-0.1, -0.05) is 0 Å². The van der Waals surface area contributed by atoms with E-state index in [1.54, 1.807) is 0 Å². The molecule has 0 bridgehead atoms. The first-order valence-electron chi connectivity index (χ1n) is 1.49. The van der Waals surface area contributed by atoms with Crippen molar-refractivity contribution in [1.82, 2.24) is 0 Å². The molecule has 0 amide bonds. The average Bonchev–Trinajstić information content (AvgIpc) is 1.35. The zero-order chi connectivity index (χ0) is 4.99. The predicted molar refractivity (Wildman–Crippen MR) is 26.6 cm³/mol. The van der Waals surface area contributed by atoms with Gasteiger partial charge in [0.05, 0.1) is 0 Å². The zero-order valence-electron chi connectivity index (χ0n) is 3.79. The molecule has 0 unspecified atom stereocenters. The van der Waals surface area contributed by atoms with Crippen LogP contribution in [0.2, 0.25) is 9.74 Å². The van der Waals surface area contributed by atoms with Gasteiger partial charge in [-0.15, -0.1) is 0 Å². The van der Waals surface area contributed by atoms with Crippen LogP contribution in [-0.4, -0.2) is 20.5 Å². The molecule has 0 heterocycles. The summed E-state index contributed by atoms with van der Waals surface area (Å²) >= 11 is -1.30. The molecule has 0 fully saturated rings. The Bertz CT molecular complexity index is 72.9. The van der Waals surface area contributed by atoms with E-state index in [4.69, 9.17) is 5.53 Å². The molecule has 0 N–H and O–H groups in total. The molecular formula is C2H6N3Sb. The third kappa shape index (κ3) is 4.13. The Labute approximate surface area is 44.3 Å². The molecule has 0 saturated heterocycles. The van der Waals surface area contributed by atoms with E-state index in [-0.39, 0.29) is 0 Å². The molecule has 0 saturated carbocycles. The number of rotatable bonds is 1. The van der Waals surface area contributed by atoms with Crippen molar-refractivity contribution < 1.29 is 0 Å². The summed E-state index contributed by atoms with van der Waals surface area (Å²) < 4.78 is 3.49. The second kappa shape index (κ2) is 3.32. The van der Waals surface area contributed by atoms with Crippen LogP contribution in [0.25, 0.3) is 10.4 Å². The number of hydrogen-bond donors (Lipinski definition) is 0. The van der Waals surface area contributed by atoms with Crippen LogP contribution in [0.3, 0.4) is 0 Å². The van der Waals surface area contributed by atoms with Gasteiger partial charge in [-0.05, 0) is 0 Å². The van der Waals surface area contributed by atoms with E-state index < -0.39 is 20.5 Å². The molecular weight excluding hydrogens is 188 g/mol. The van der Waals surface area contributed by atoms with E-state index in [0.29, 0.717) is 0 Å².